The number of hydrogen-bond acceptors (Lipinski definition) is 5. The van der Waals surface area contributed by atoms with Crippen molar-refractivity contribution in [2.75, 3.05) is 17.6 Å². The maximum atomic E-state index is 4.82. The standard InChI is InChI=1S/C14H22IN3S2/c1-5-10-12(15)14(16-6-2)18-13(17-10)11-7-19-8(3)9(4)20-11/h8-9,11H,5-7H2,1-4H3,(H,16,17,18). The van der Waals surface area contributed by atoms with Crippen LogP contribution in [0.2, 0.25) is 0 Å². The van der Waals surface area contributed by atoms with Crippen LogP contribution in [0.5, 0.6) is 0 Å². The predicted molar refractivity (Wildman–Crippen MR) is 100 cm³/mol. The summed E-state index contributed by atoms with van der Waals surface area (Å²) in [5.74, 6) is 3.13. The second kappa shape index (κ2) is 7.54. The smallest absolute Gasteiger partial charge is 0.144 e. The van der Waals surface area contributed by atoms with Gasteiger partial charge in [0.15, 0.2) is 0 Å². The molecule has 1 aromatic rings. The lowest BCUT2D eigenvalue weighted by molar-refractivity contribution is 0.837. The van der Waals surface area contributed by atoms with Gasteiger partial charge in [-0.1, -0.05) is 20.8 Å². The van der Waals surface area contributed by atoms with Crippen LogP contribution in [0.3, 0.4) is 0 Å². The van der Waals surface area contributed by atoms with Crippen LogP contribution < -0.4 is 5.32 Å². The quantitative estimate of drug-likeness (QED) is 0.728. The molecule has 2 rings (SSSR count). The fraction of sp³-hybridized carbons (Fsp3) is 0.714. The summed E-state index contributed by atoms with van der Waals surface area (Å²) in [7, 11) is 0. The van der Waals surface area contributed by atoms with Gasteiger partial charge in [0.2, 0.25) is 0 Å². The van der Waals surface area contributed by atoms with Crippen LogP contribution >= 0.6 is 46.1 Å². The van der Waals surface area contributed by atoms with E-state index in [1.165, 1.54) is 9.26 Å². The molecule has 20 heavy (non-hydrogen) atoms. The zero-order valence-electron chi connectivity index (χ0n) is 12.4. The van der Waals surface area contributed by atoms with E-state index in [0.29, 0.717) is 10.5 Å². The fourth-order valence-electron chi connectivity index (χ4n) is 2.09. The van der Waals surface area contributed by atoms with Crippen molar-refractivity contribution in [2.45, 2.75) is 49.9 Å². The maximum absolute atomic E-state index is 4.82. The Morgan fingerprint density at radius 3 is 2.60 bits per heavy atom. The molecule has 1 aromatic heterocycles. The largest absolute Gasteiger partial charge is 0.369 e. The van der Waals surface area contributed by atoms with Crippen LogP contribution in [0.25, 0.3) is 0 Å². The number of aromatic nitrogens is 2. The monoisotopic (exact) mass is 423 g/mol. The molecule has 0 saturated carbocycles. The molecule has 1 aliphatic heterocycles. The highest BCUT2D eigenvalue weighted by molar-refractivity contribution is 14.1. The summed E-state index contributed by atoms with van der Waals surface area (Å²) < 4.78 is 1.17. The highest BCUT2D eigenvalue weighted by atomic mass is 127. The van der Waals surface area contributed by atoms with E-state index in [9.17, 15) is 0 Å². The average molecular weight is 423 g/mol. The van der Waals surface area contributed by atoms with E-state index in [1.54, 1.807) is 0 Å². The van der Waals surface area contributed by atoms with Crippen LogP contribution in [0.1, 0.15) is 44.5 Å². The first-order chi connectivity index (χ1) is 9.56. The van der Waals surface area contributed by atoms with E-state index in [2.05, 4.69) is 55.6 Å². The van der Waals surface area contributed by atoms with Gasteiger partial charge in [-0.25, -0.2) is 9.97 Å². The number of halogens is 1. The summed E-state index contributed by atoms with van der Waals surface area (Å²) in [6.45, 7) is 9.80. The van der Waals surface area contributed by atoms with E-state index in [4.69, 9.17) is 9.97 Å². The first-order valence-electron chi connectivity index (χ1n) is 7.14. The van der Waals surface area contributed by atoms with E-state index >= 15 is 0 Å². The Balaban J connectivity index is 2.29. The molecule has 1 saturated heterocycles. The van der Waals surface area contributed by atoms with Gasteiger partial charge < -0.3 is 5.32 Å². The first kappa shape index (κ1) is 16.7. The number of rotatable bonds is 4. The van der Waals surface area contributed by atoms with Gasteiger partial charge in [-0.3, -0.25) is 0 Å². The minimum absolute atomic E-state index is 0.422. The first-order valence-corrected chi connectivity index (χ1v) is 10.2. The fourth-order valence-corrected chi connectivity index (χ4v) is 5.75. The minimum Gasteiger partial charge on any atom is -0.369 e. The number of aryl methyl sites for hydroxylation is 1. The molecule has 1 aliphatic rings. The van der Waals surface area contributed by atoms with Crippen LogP contribution in [0.15, 0.2) is 0 Å². The second-order valence-corrected chi connectivity index (χ2v) is 9.02. The van der Waals surface area contributed by atoms with E-state index < -0.39 is 0 Å². The molecule has 3 atom stereocenters. The molecule has 0 radical (unpaired) electrons. The molecule has 6 heteroatoms. The molecule has 1 fully saturated rings. The summed E-state index contributed by atoms with van der Waals surface area (Å²) in [6.07, 6.45) is 0.961. The number of hydrogen-bond donors (Lipinski definition) is 1. The Labute approximate surface area is 144 Å². The lowest BCUT2D eigenvalue weighted by atomic mass is 10.3. The molecular weight excluding hydrogens is 401 g/mol. The molecule has 3 unspecified atom stereocenters. The Kier molecular flexibility index (Phi) is 6.28. The Hall–Kier alpha value is 0.310. The van der Waals surface area contributed by atoms with Crippen molar-refractivity contribution in [1.29, 1.82) is 0 Å². The Morgan fingerprint density at radius 1 is 1.25 bits per heavy atom. The summed E-state index contributed by atoms with van der Waals surface area (Å²) in [4.78, 5) is 9.61. The molecule has 0 aliphatic carbocycles. The molecule has 0 bridgehead atoms. The van der Waals surface area contributed by atoms with Crippen LogP contribution in [-0.4, -0.2) is 32.8 Å². The third-order valence-corrected chi connectivity index (χ3v) is 7.97. The van der Waals surface area contributed by atoms with Gasteiger partial charge in [-0.2, -0.15) is 11.8 Å². The second-order valence-electron chi connectivity index (χ2n) is 4.94. The number of anilines is 1. The van der Waals surface area contributed by atoms with Gasteiger partial charge in [-0.15, -0.1) is 11.8 Å². The van der Waals surface area contributed by atoms with Crippen molar-refractivity contribution in [3.05, 3.63) is 15.1 Å². The SMILES string of the molecule is CCNc1nc(C2CSC(C)C(C)S2)nc(CC)c1I. The molecule has 2 heterocycles. The lowest BCUT2D eigenvalue weighted by Gasteiger charge is -2.30. The van der Waals surface area contributed by atoms with Crippen molar-refractivity contribution in [3.63, 3.8) is 0 Å². The molecule has 3 nitrogen and oxygen atoms in total. The molecule has 0 spiro atoms. The van der Waals surface area contributed by atoms with Gasteiger partial charge >= 0.3 is 0 Å². The third kappa shape index (κ3) is 3.74. The predicted octanol–water partition coefficient (Wildman–Crippen LogP) is 4.37. The zero-order chi connectivity index (χ0) is 14.7. The minimum atomic E-state index is 0.422. The normalized spacial score (nSPS) is 26.6. The van der Waals surface area contributed by atoms with E-state index in [0.717, 1.165) is 35.6 Å². The van der Waals surface area contributed by atoms with Crippen molar-refractivity contribution in [2.24, 2.45) is 0 Å². The average Bonchev–Trinajstić information content (AvgIpc) is 2.44. The molecule has 112 valence electrons. The van der Waals surface area contributed by atoms with Gasteiger partial charge in [0, 0.05) is 22.8 Å². The highest BCUT2D eigenvalue weighted by Gasteiger charge is 2.29. The van der Waals surface area contributed by atoms with Crippen molar-refractivity contribution in [1.82, 2.24) is 9.97 Å². The Morgan fingerprint density at radius 2 is 2.00 bits per heavy atom. The topological polar surface area (TPSA) is 37.8 Å². The van der Waals surface area contributed by atoms with Crippen molar-refractivity contribution >= 4 is 51.9 Å². The van der Waals surface area contributed by atoms with Gasteiger partial charge in [0.1, 0.15) is 11.6 Å². The third-order valence-electron chi connectivity index (χ3n) is 3.45. The molecule has 0 aromatic carbocycles. The molecule has 1 N–H and O–H groups in total. The van der Waals surface area contributed by atoms with Crippen LogP contribution in [-0.2, 0) is 6.42 Å². The molecule has 0 amide bonds. The summed E-state index contributed by atoms with van der Waals surface area (Å²) in [5, 5.41) is 5.18. The summed E-state index contributed by atoms with van der Waals surface area (Å²) >= 11 is 6.43. The van der Waals surface area contributed by atoms with Crippen LogP contribution in [0.4, 0.5) is 5.82 Å². The van der Waals surface area contributed by atoms with Gasteiger partial charge in [-0.05, 0) is 35.9 Å². The summed E-state index contributed by atoms with van der Waals surface area (Å²) in [6, 6.07) is 0. The van der Waals surface area contributed by atoms with Crippen molar-refractivity contribution in [3.8, 4) is 0 Å². The van der Waals surface area contributed by atoms with Crippen molar-refractivity contribution < 1.29 is 0 Å². The highest BCUT2D eigenvalue weighted by Crippen LogP contribution is 2.43. The zero-order valence-corrected chi connectivity index (χ0v) is 16.2. The number of nitrogens with one attached hydrogen (secondary N) is 1. The Bertz CT molecular complexity index is 470. The summed E-state index contributed by atoms with van der Waals surface area (Å²) in [5.41, 5.74) is 1.17. The maximum Gasteiger partial charge on any atom is 0.144 e. The van der Waals surface area contributed by atoms with Gasteiger partial charge in [0.25, 0.3) is 0 Å². The van der Waals surface area contributed by atoms with Gasteiger partial charge in [0.05, 0.1) is 14.5 Å². The van der Waals surface area contributed by atoms with E-state index in [-0.39, 0.29) is 0 Å². The lowest BCUT2D eigenvalue weighted by Crippen LogP contribution is -2.23. The number of nitrogens with zero attached hydrogens (tertiary/aromatic N) is 2. The van der Waals surface area contributed by atoms with E-state index in [1.807, 2.05) is 23.5 Å². The molecular formula is C14H22IN3S2. The van der Waals surface area contributed by atoms with Crippen LogP contribution in [0, 0.1) is 3.57 Å². The number of thioether (sulfide) groups is 2.